The highest BCUT2D eigenvalue weighted by atomic mass is 15.3. The molecule has 0 aliphatic rings. The Bertz CT molecular complexity index is 434. The van der Waals surface area contributed by atoms with Gasteiger partial charge in [0.15, 0.2) is 0 Å². The summed E-state index contributed by atoms with van der Waals surface area (Å²) in [5.41, 5.74) is 1.81. The summed E-state index contributed by atoms with van der Waals surface area (Å²) in [6.45, 7) is 0.717. The number of nitriles is 1. The molecule has 0 saturated carbocycles. The quantitative estimate of drug-likeness (QED) is 0.707. The summed E-state index contributed by atoms with van der Waals surface area (Å²) in [6, 6.07) is 12.4. The van der Waals surface area contributed by atoms with E-state index < -0.39 is 0 Å². The zero-order chi connectivity index (χ0) is 9.80. The van der Waals surface area contributed by atoms with E-state index in [4.69, 9.17) is 5.26 Å². The molecule has 0 aliphatic carbocycles. The lowest BCUT2D eigenvalue weighted by atomic mass is 10.1. The lowest BCUT2D eigenvalue weighted by Gasteiger charge is -2.00. The van der Waals surface area contributed by atoms with Gasteiger partial charge in [-0.15, -0.1) is 0 Å². The van der Waals surface area contributed by atoms with Crippen molar-refractivity contribution < 1.29 is 0 Å². The zero-order valence-electron chi connectivity index (χ0n) is 7.51. The molecule has 1 aromatic heterocycles. The van der Waals surface area contributed by atoms with Crippen LogP contribution >= 0.6 is 0 Å². The van der Waals surface area contributed by atoms with Crippen molar-refractivity contribution in [3.05, 3.63) is 53.9 Å². The number of nitrogens with zero attached hydrogens (tertiary/aromatic N) is 3. The Hall–Kier alpha value is -2.08. The molecule has 0 N–H and O–H groups in total. The molecule has 3 heteroatoms. The minimum absolute atomic E-state index is 0.681. The normalized spacial score (nSPS) is 9.64. The maximum atomic E-state index is 8.61. The molecule has 3 nitrogen and oxygen atoms in total. The molecular formula is C11H8N3. The Morgan fingerprint density at radius 2 is 2.14 bits per heavy atom. The minimum atomic E-state index is 0.681. The first-order chi connectivity index (χ1) is 6.88. The maximum absolute atomic E-state index is 8.61. The van der Waals surface area contributed by atoms with Crippen LogP contribution in [0.3, 0.4) is 0 Å². The summed E-state index contributed by atoms with van der Waals surface area (Å²) in [5.74, 6) is 0. The van der Waals surface area contributed by atoms with E-state index in [1.54, 1.807) is 17.1 Å². The average Bonchev–Trinajstić information content (AvgIpc) is 2.72. The van der Waals surface area contributed by atoms with Gasteiger partial charge in [-0.25, -0.2) is 0 Å². The van der Waals surface area contributed by atoms with Crippen LogP contribution in [0, 0.1) is 17.4 Å². The van der Waals surface area contributed by atoms with Gasteiger partial charge in [-0.3, -0.25) is 4.68 Å². The molecule has 2 aromatic rings. The van der Waals surface area contributed by atoms with Gasteiger partial charge >= 0.3 is 0 Å². The Kier molecular flexibility index (Phi) is 2.28. The van der Waals surface area contributed by atoms with E-state index >= 15 is 0 Å². The Morgan fingerprint density at radius 1 is 1.36 bits per heavy atom. The molecule has 2 rings (SSSR count). The van der Waals surface area contributed by atoms with E-state index in [9.17, 15) is 0 Å². The fourth-order valence-corrected chi connectivity index (χ4v) is 1.22. The molecule has 14 heavy (non-hydrogen) atoms. The topological polar surface area (TPSA) is 41.6 Å². The van der Waals surface area contributed by atoms with Crippen molar-refractivity contribution in [1.82, 2.24) is 9.78 Å². The average molecular weight is 182 g/mol. The summed E-state index contributed by atoms with van der Waals surface area (Å²) >= 11 is 0. The molecular weight excluding hydrogens is 174 g/mol. The molecule has 0 unspecified atom stereocenters. The molecule has 67 valence electrons. The van der Waals surface area contributed by atoms with E-state index in [0.29, 0.717) is 5.56 Å². The summed E-state index contributed by atoms with van der Waals surface area (Å²) in [7, 11) is 0. The monoisotopic (exact) mass is 182 g/mol. The second kappa shape index (κ2) is 3.75. The van der Waals surface area contributed by atoms with Gasteiger partial charge in [0, 0.05) is 12.3 Å². The molecule has 0 fully saturated rings. The van der Waals surface area contributed by atoms with Crippen molar-refractivity contribution in [3.63, 3.8) is 0 Å². The Balaban J connectivity index is 2.15. The van der Waals surface area contributed by atoms with Gasteiger partial charge in [0.2, 0.25) is 0 Å². The first kappa shape index (κ1) is 8.52. The molecule has 0 amide bonds. The highest BCUT2D eigenvalue weighted by Crippen LogP contribution is 2.04. The highest BCUT2D eigenvalue weighted by Gasteiger charge is 1.95. The van der Waals surface area contributed by atoms with Crippen LogP contribution in [0.25, 0.3) is 0 Å². The predicted octanol–water partition coefficient (Wildman–Crippen LogP) is 1.60. The minimum Gasteiger partial charge on any atom is -0.268 e. The predicted molar refractivity (Wildman–Crippen MR) is 51.3 cm³/mol. The van der Waals surface area contributed by atoms with Crippen molar-refractivity contribution in [2.45, 2.75) is 6.54 Å². The SMILES string of the molecule is N#Cc1ccc(Cn2c[c]cn2)cc1. The first-order valence-electron chi connectivity index (χ1n) is 4.26. The lowest BCUT2D eigenvalue weighted by molar-refractivity contribution is 0.687. The van der Waals surface area contributed by atoms with Crippen LogP contribution in [-0.2, 0) is 6.54 Å². The van der Waals surface area contributed by atoms with Gasteiger partial charge in [0.1, 0.15) is 0 Å². The van der Waals surface area contributed by atoms with Crippen molar-refractivity contribution in [2.75, 3.05) is 0 Å². The Labute approximate surface area is 82.2 Å². The second-order valence-electron chi connectivity index (χ2n) is 2.95. The number of hydrogen-bond donors (Lipinski definition) is 0. The van der Waals surface area contributed by atoms with E-state index in [1.807, 2.05) is 24.3 Å². The maximum Gasteiger partial charge on any atom is 0.0991 e. The summed E-state index contributed by atoms with van der Waals surface area (Å²) < 4.78 is 1.79. The summed E-state index contributed by atoms with van der Waals surface area (Å²) in [6.07, 6.45) is 3.42. The fraction of sp³-hybridized carbons (Fsp3) is 0.0909. The third-order valence-corrected chi connectivity index (χ3v) is 1.93. The van der Waals surface area contributed by atoms with Crippen LogP contribution in [0.4, 0.5) is 0 Å². The van der Waals surface area contributed by atoms with Crippen LogP contribution < -0.4 is 0 Å². The zero-order valence-corrected chi connectivity index (χ0v) is 7.51. The molecule has 1 aromatic carbocycles. The number of hydrogen-bond acceptors (Lipinski definition) is 2. The van der Waals surface area contributed by atoms with E-state index in [1.165, 1.54) is 0 Å². The number of aromatic nitrogens is 2. The van der Waals surface area contributed by atoms with Crippen LogP contribution in [-0.4, -0.2) is 9.78 Å². The molecule has 0 aliphatic heterocycles. The van der Waals surface area contributed by atoms with Gasteiger partial charge in [-0.1, -0.05) is 12.1 Å². The van der Waals surface area contributed by atoms with E-state index in [-0.39, 0.29) is 0 Å². The lowest BCUT2D eigenvalue weighted by Crippen LogP contribution is -1.99. The van der Waals surface area contributed by atoms with Gasteiger partial charge in [-0.05, 0) is 17.7 Å². The molecule has 0 bridgehead atoms. The van der Waals surface area contributed by atoms with E-state index in [0.717, 1.165) is 12.1 Å². The van der Waals surface area contributed by atoms with Crippen LogP contribution in [0.15, 0.2) is 36.7 Å². The standard InChI is InChI=1S/C11H8N3/c12-8-10-2-4-11(5-3-10)9-14-7-1-6-13-14/h2-7H,9H2. The van der Waals surface area contributed by atoms with Crippen LogP contribution in [0.1, 0.15) is 11.1 Å². The number of rotatable bonds is 2. The van der Waals surface area contributed by atoms with Crippen LogP contribution in [0.2, 0.25) is 0 Å². The molecule has 1 radical (unpaired) electrons. The van der Waals surface area contributed by atoms with Crippen molar-refractivity contribution in [3.8, 4) is 6.07 Å². The van der Waals surface area contributed by atoms with Gasteiger partial charge in [0.05, 0.1) is 24.4 Å². The first-order valence-corrected chi connectivity index (χ1v) is 4.26. The smallest absolute Gasteiger partial charge is 0.0991 e. The molecule has 0 saturated heterocycles. The second-order valence-corrected chi connectivity index (χ2v) is 2.95. The van der Waals surface area contributed by atoms with Gasteiger partial charge in [-0.2, -0.15) is 10.4 Å². The Morgan fingerprint density at radius 3 is 2.71 bits per heavy atom. The fourth-order valence-electron chi connectivity index (χ4n) is 1.22. The molecule has 0 atom stereocenters. The molecule has 1 heterocycles. The van der Waals surface area contributed by atoms with Crippen LogP contribution in [0.5, 0.6) is 0 Å². The highest BCUT2D eigenvalue weighted by molar-refractivity contribution is 5.31. The van der Waals surface area contributed by atoms with Gasteiger partial charge < -0.3 is 0 Å². The van der Waals surface area contributed by atoms with Crippen molar-refractivity contribution in [1.29, 1.82) is 5.26 Å². The molecule has 0 spiro atoms. The van der Waals surface area contributed by atoms with Gasteiger partial charge in [0.25, 0.3) is 0 Å². The van der Waals surface area contributed by atoms with E-state index in [2.05, 4.69) is 17.2 Å². The van der Waals surface area contributed by atoms with Crippen molar-refractivity contribution >= 4 is 0 Å². The summed E-state index contributed by atoms with van der Waals surface area (Å²) in [4.78, 5) is 0. The third kappa shape index (κ3) is 1.80. The summed E-state index contributed by atoms with van der Waals surface area (Å²) in [5, 5.41) is 12.7. The number of benzene rings is 1. The third-order valence-electron chi connectivity index (χ3n) is 1.93. The largest absolute Gasteiger partial charge is 0.268 e. The van der Waals surface area contributed by atoms with Crippen molar-refractivity contribution in [2.24, 2.45) is 0 Å².